The summed E-state index contributed by atoms with van der Waals surface area (Å²) in [6.07, 6.45) is 1.41. The highest BCUT2D eigenvalue weighted by atomic mass is 19.1. The first-order valence-electron chi connectivity index (χ1n) is 5.66. The van der Waals surface area contributed by atoms with E-state index in [9.17, 15) is 4.39 Å². The van der Waals surface area contributed by atoms with Crippen LogP contribution in [0.25, 0.3) is 10.9 Å². The van der Waals surface area contributed by atoms with Gasteiger partial charge in [-0.05, 0) is 24.3 Å². The van der Waals surface area contributed by atoms with Crippen LogP contribution in [-0.4, -0.2) is 9.97 Å². The second-order valence-corrected chi connectivity index (χ2v) is 3.98. The van der Waals surface area contributed by atoms with Gasteiger partial charge in [0.2, 0.25) is 5.88 Å². The summed E-state index contributed by atoms with van der Waals surface area (Å²) in [6.45, 7) is 0. The molecule has 0 unspecified atom stereocenters. The molecule has 0 atom stereocenters. The van der Waals surface area contributed by atoms with Gasteiger partial charge >= 0.3 is 0 Å². The first-order chi connectivity index (χ1) is 9.24. The average Bonchev–Trinajstić information content (AvgIpc) is 2.43. The molecular formula is C14H10FN3O. The number of hydrogen-bond donors (Lipinski definition) is 1. The highest BCUT2D eigenvalue weighted by Gasteiger charge is 2.07. The Morgan fingerprint density at radius 3 is 2.74 bits per heavy atom. The molecule has 0 saturated heterocycles. The van der Waals surface area contributed by atoms with E-state index in [1.54, 1.807) is 6.07 Å². The van der Waals surface area contributed by atoms with E-state index in [-0.39, 0.29) is 5.69 Å². The molecule has 0 aliphatic heterocycles. The molecule has 3 aromatic rings. The number of anilines is 1. The third kappa shape index (κ3) is 2.18. The molecule has 0 radical (unpaired) electrons. The zero-order chi connectivity index (χ0) is 13.2. The normalized spacial score (nSPS) is 10.6. The minimum absolute atomic E-state index is 0.0832. The highest BCUT2D eigenvalue weighted by Crippen LogP contribution is 2.27. The molecule has 0 spiro atoms. The van der Waals surface area contributed by atoms with Gasteiger partial charge in [0.25, 0.3) is 0 Å². The van der Waals surface area contributed by atoms with Gasteiger partial charge in [0, 0.05) is 6.07 Å². The molecule has 0 bridgehead atoms. The molecule has 0 saturated carbocycles. The zero-order valence-corrected chi connectivity index (χ0v) is 9.88. The van der Waals surface area contributed by atoms with E-state index in [4.69, 9.17) is 10.5 Å². The molecule has 0 amide bonds. The number of benzene rings is 2. The number of nitrogens with two attached hydrogens (primary N) is 1. The van der Waals surface area contributed by atoms with E-state index in [2.05, 4.69) is 9.97 Å². The van der Waals surface area contributed by atoms with Crippen molar-refractivity contribution in [2.45, 2.75) is 0 Å². The van der Waals surface area contributed by atoms with E-state index in [1.165, 1.54) is 18.5 Å². The number of nitrogens with zero attached hydrogens (tertiary/aromatic N) is 2. The van der Waals surface area contributed by atoms with E-state index >= 15 is 0 Å². The number of hydrogen-bond acceptors (Lipinski definition) is 4. The topological polar surface area (TPSA) is 61.0 Å². The Balaban J connectivity index is 2.03. The molecule has 0 aliphatic carbocycles. The number of fused-ring (bicyclic) bond motifs is 1. The van der Waals surface area contributed by atoms with Crippen LogP contribution in [0.2, 0.25) is 0 Å². The summed E-state index contributed by atoms with van der Waals surface area (Å²) in [5.41, 5.74) is 6.27. The SMILES string of the molecule is Nc1ccc(Oc2ncnc3ccccc23)cc1F. The van der Waals surface area contributed by atoms with Crippen molar-refractivity contribution < 1.29 is 9.13 Å². The standard InChI is InChI=1S/C14H10FN3O/c15-11-7-9(5-6-12(11)16)19-14-10-3-1-2-4-13(10)17-8-18-14/h1-8H,16H2. The summed E-state index contributed by atoms with van der Waals surface area (Å²) >= 11 is 0. The van der Waals surface area contributed by atoms with Gasteiger partial charge in [0.05, 0.1) is 16.6 Å². The van der Waals surface area contributed by atoms with Crippen molar-refractivity contribution in [2.24, 2.45) is 0 Å². The smallest absolute Gasteiger partial charge is 0.230 e. The summed E-state index contributed by atoms with van der Waals surface area (Å²) in [5, 5.41) is 0.766. The maximum absolute atomic E-state index is 13.4. The summed E-state index contributed by atoms with van der Waals surface area (Å²) in [5.74, 6) is 0.209. The lowest BCUT2D eigenvalue weighted by Gasteiger charge is -2.07. The summed E-state index contributed by atoms with van der Waals surface area (Å²) in [7, 11) is 0. The van der Waals surface area contributed by atoms with Gasteiger partial charge in [0.1, 0.15) is 17.9 Å². The van der Waals surface area contributed by atoms with Crippen molar-refractivity contribution in [3.63, 3.8) is 0 Å². The van der Waals surface area contributed by atoms with Crippen molar-refractivity contribution >= 4 is 16.6 Å². The fraction of sp³-hybridized carbons (Fsp3) is 0. The molecule has 94 valence electrons. The van der Waals surface area contributed by atoms with Crippen LogP contribution < -0.4 is 10.5 Å². The van der Waals surface area contributed by atoms with Crippen molar-refractivity contribution in [2.75, 3.05) is 5.73 Å². The van der Waals surface area contributed by atoms with E-state index in [0.717, 1.165) is 10.9 Å². The average molecular weight is 255 g/mol. The fourth-order valence-corrected chi connectivity index (χ4v) is 1.74. The Labute approximate surface area is 108 Å². The summed E-state index contributed by atoms with van der Waals surface area (Å²) < 4.78 is 18.9. The van der Waals surface area contributed by atoms with Crippen molar-refractivity contribution in [1.82, 2.24) is 9.97 Å². The Bertz CT molecular complexity index is 740. The van der Waals surface area contributed by atoms with Crippen molar-refractivity contribution in [1.29, 1.82) is 0 Å². The summed E-state index contributed by atoms with van der Waals surface area (Å²) in [4.78, 5) is 8.20. The molecule has 1 heterocycles. The molecular weight excluding hydrogens is 245 g/mol. The van der Waals surface area contributed by atoms with E-state index in [1.807, 2.05) is 24.3 Å². The molecule has 2 N–H and O–H groups in total. The number of aromatic nitrogens is 2. The Morgan fingerprint density at radius 2 is 1.89 bits per heavy atom. The minimum Gasteiger partial charge on any atom is -0.438 e. The lowest BCUT2D eigenvalue weighted by atomic mass is 10.2. The van der Waals surface area contributed by atoms with Gasteiger partial charge < -0.3 is 10.5 Å². The number of rotatable bonds is 2. The zero-order valence-electron chi connectivity index (χ0n) is 9.88. The van der Waals surface area contributed by atoms with E-state index in [0.29, 0.717) is 11.6 Å². The quantitative estimate of drug-likeness (QED) is 0.714. The number of halogens is 1. The Morgan fingerprint density at radius 1 is 1.05 bits per heavy atom. The molecule has 5 heteroatoms. The van der Waals surface area contributed by atoms with Crippen LogP contribution in [0.5, 0.6) is 11.6 Å². The number of para-hydroxylation sites is 1. The maximum atomic E-state index is 13.4. The largest absolute Gasteiger partial charge is 0.438 e. The van der Waals surface area contributed by atoms with E-state index < -0.39 is 5.82 Å². The molecule has 0 fully saturated rings. The van der Waals surface area contributed by atoms with Crippen LogP contribution in [0.3, 0.4) is 0 Å². The third-order valence-corrected chi connectivity index (χ3v) is 2.69. The van der Waals surface area contributed by atoms with Crippen LogP contribution in [0, 0.1) is 5.82 Å². The van der Waals surface area contributed by atoms with Crippen LogP contribution in [-0.2, 0) is 0 Å². The van der Waals surface area contributed by atoms with Gasteiger partial charge in [-0.25, -0.2) is 14.4 Å². The monoisotopic (exact) mass is 255 g/mol. The van der Waals surface area contributed by atoms with Gasteiger partial charge in [-0.3, -0.25) is 0 Å². The fourth-order valence-electron chi connectivity index (χ4n) is 1.74. The van der Waals surface area contributed by atoms with Crippen LogP contribution >= 0.6 is 0 Å². The van der Waals surface area contributed by atoms with Crippen molar-refractivity contribution in [3.05, 3.63) is 54.6 Å². The van der Waals surface area contributed by atoms with Crippen LogP contribution in [0.15, 0.2) is 48.8 Å². The van der Waals surface area contributed by atoms with Gasteiger partial charge in [-0.2, -0.15) is 0 Å². The molecule has 4 nitrogen and oxygen atoms in total. The van der Waals surface area contributed by atoms with Crippen molar-refractivity contribution in [3.8, 4) is 11.6 Å². The predicted octanol–water partition coefficient (Wildman–Crippen LogP) is 3.14. The molecule has 1 aromatic heterocycles. The van der Waals surface area contributed by atoms with Crippen LogP contribution in [0.1, 0.15) is 0 Å². The van der Waals surface area contributed by atoms with Gasteiger partial charge in [-0.15, -0.1) is 0 Å². The number of nitrogen functional groups attached to an aromatic ring is 1. The molecule has 3 rings (SSSR count). The van der Waals surface area contributed by atoms with Gasteiger partial charge in [0.15, 0.2) is 0 Å². The second-order valence-electron chi connectivity index (χ2n) is 3.98. The predicted molar refractivity (Wildman–Crippen MR) is 70.4 cm³/mol. The first kappa shape index (κ1) is 11.4. The first-order valence-corrected chi connectivity index (χ1v) is 5.66. The third-order valence-electron chi connectivity index (χ3n) is 2.69. The molecule has 19 heavy (non-hydrogen) atoms. The van der Waals surface area contributed by atoms with Gasteiger partial charge in [-0.1, -0.05) is 12.1 Å². The minimum atomic E-state index is -0.518. The molecule has 2 aromatic carbocycles. The Hall–Kier alpha value is -2.69. The number of ether oxygens (including phenoxy) is 1. The Kier molecular flexibility index (Phi) is 2.72. The molecule has 0 aliphatic rings. The summed E-state index contributed by atoms with van der Waals surface area (Å²) in [6, 6.07) is 11.7. The lowest BCUT2D eigenvalue weighted by molar-refractivity contribution is 0.463. The maximum Gasteiger partial charge on any atom is 0.230 e. The highest BCUT2D eigenvalue weighted by molar-refractivity contribution is 5.83. The lowest BCUT2D eigenvalue weighted by Crippen LogP contribution is -1.94. The second kappa shape index (κ2) is 4.53. The van der Waals surface area contributed by atoms with Crippen LogP contribution in [0.4, 0.5) is 10.1 Å².